The molecule has 0 saturated heterocycles. The smallest absolute Gasteiger partial charge is 0.435 e. The highest BCUT2D eigenvalue weighted by Crippen LogP contribution is 1.81. The van der Waals surface area contributed by atoms with Crippen molar-refractivity contribution in [3.05, 3.63) is 0 Å². The molecule has 0 aliphatic heterocycles. The molecule has 0 aliphatic rings. The van der Waals surface area contributed by atoms with Crippen LogP contribution in [0.4, 0.5) is 4.79 Å². The fourth-order valence-electron chi connectivity index (χ4n) is 0.277. The second-order valence-electron chi connectivity index (χ2n) is 1.12. The van der Waals surface area contributed by atoms with Gasteiger partial charge in [0.15, 0.2) is 0 Å². The van der Waals surface area contributed by atoms with Crippen LogP contribution in [-0.2, 0) is 9.47 Å². The van der Waals surface area contributed by atoms with Crippen LogP contribution < -0.4 is 0 Å². The minimum absolute atomic E-state index is 0. The van der Waals surface area contributed by atoms with Gasteiger partial charge < -0.3 is 9.47 Å². The zero-order chi connectivity index (χ0) is 6.41. The van der Waals surface area contributed by atoms with Crippen LogP contribution in [0.1, 0.15) is 15.3 Å². The van der Waals surface area contributed by atoms with Gasteiger partial charge in [-0.3, -0.25) is 0 Å². The third kappa shape index (κ3) is 3.46. The first kappa shape index (κ1) is 7.27. The summed E-state index contributed by atoms with van der Waals surface area (Å²) < 4.78 is 8.84. The lowest BCUT2D eigenvalue weighted by Crippen LogP contribution is -2.05. The van der Waals surface area contributed by atoms with Crippen LogP contribution in [0, 0.1) is 0 Å². The number of hydrogen-bond acceptors (Lipinski definition) is 3. The quantitative estimate of drug-likeness (QED) is 0.514. The molecule has 0 saturated carbocycles. The molecular weight excluding hydrogens is 108 g/mol. The van der Waals surface area contributed by atoms with Crippen molar-refractivity contribution in [3.8, 4) is 0 Å². The molecule has 3 nitrogen and oxygen atoms in total. The van der Waals surface area contributed by atoms with Crippen LogP contribution >= 0.6 is 0 Å². The first-order chi connectivity index (χ1) is 3.81. The van der Waals surface area contributed by atoms with E-state index in [1.54, 1.807) is 13.8 Å². The fourth-order valence-corrected chi connectivity index (χ4v) is 0.277. The molecule has 0 aliphatic carbocycles. The molecular formula is C5H11O3+. The Bertz CT molecular complexity index is 66.6. The standard InChI is InChI=1S/C5H10O3/c1-3-7-5(6)8-4-2/h3-4H2,1-2H3/p+1. The van der Waals surface area contributed by atoms with Crippen molar-refractivity contribution in [1.82, 2.24) is 0 Å². The molecule has 0 unspecified atom stereocenters. The highest BCUT2D eigenvalue weighted by atomic mass is 16.7. The fraction of sp³-hybridized carbons (Fsp3) is 0.800. The summed E-state index contributed by atoms with van der Waals surface area (Å²) in [6, 6.07) is 0. The van der Waals surface area contributed by atoms with Crippen molar-refractivity contribution in [2.45, 2.75) is 13.8 Å². The van der Waals surface area contributed by atoms with Gasteiger partial charge >= 0.3 is 7.58 Å². The van der Waals surface area contributed by atoms with Crippen LogP contribution in [0.3, 0.4) is 0 Å². The molecule has 0 rings (SSSR count). The molecule has 0 aromatic rings. The Morgan fingerprint density at radius 1 is 1.38 bits per heavy atom. The van der Waals surface area contributed by atoms with Crippen molar-refractivity contribution in [2.75, 3.05) is 13.2 Å². The van der Waals surface area contributed by atoms with E-state index in [2.05, 4.69) is 9.47 Å². The summed E-state index contributed by atoms with van der Waals surface area (Å²) in [6.45, 7) is 4.21. The van der Waals surface area contributed by atoms with E-state index in [0.717, 1.165) is 0 Å². The maximum atomic E-state index is 10.2. The Hall–Kier alpha value is -0.730. The van der Waals surface area contributed by atoms with E-state index in [1.165, 1.54) is 0 Å². The van der Waals surface area contributed by atoms with Crippen molar-refractivity contribution < 1.29 is 15.7 Å². The van der Waals surface area contributed by atoms with E-state index in [1.807, 2.05) is 0 Å². The van der Waals surface area contributed by atoms with Gasteiger partial charge in [-0.2, -0.15) is 0 Å². The lowest BCUT2D eigenvalue weighted by atomic mass is 10.8. The number of hydrogen-bond donors (Lipinski definition) is 0. The van der Waals surface area contributed by atoms with Crippen LogP contribution in [-0.4, -0.2) is 19.4 Å². The van der Waals surface area contributed by atoms with Crippen molar-refractivity contribution in [3.63, 3.8) is 0 Å². The topological polar surface area (TPSA) is 35.5 Å². The summed E-state index contributed by atoms with van der Waals surface area (Å²) in [5.74, 6) is 0. The molecule has 0 spiro atoms. The van der Waals surface area contributed by atoms with E-state index >= 15 is 0 Å². The summed E-state index contributed by atoms with van der Waals surface area (Å²) >= 11 is 0. The van der Waals surface area contributed by atoms with Gasteiger partial charge in [0.05, 0.1) is 13.2 Å². The first-order valence-electron chi connectivity index (χ1n) is 2.60. The molecule has 0 bridgehead atoms. The SMILES string of the molecule is CCOC(=O)OCC.[H+]. The lowest BCUT2D eigenvalue weighted by Gasteiger charge is -1.98. The number of ether oxygens (including phenoxy) is 2. The summed E-state index contributed by atoms with van der Waals surface area (Å²) in [5.41, 5.74) is 0. The zero-order valence-electron chi connectivity index (χ0n) is 6.14. The Labute approximate surface area is 50.1 Å². The second kappa shape index (κ2) is 4.43. The third-order valence-corrected chi connectivity index (χ3v) is 0.524. The maximum absolute atomic E-state index is 10.2. The molecule has 0 radical (unpaired) electrons. The average molecular weight is 119 g/mol. The summed E-state index contributed by atoms with van der Waals surface area (Å²) in [7, 11) is 0. The molecule has 0 N–H and O–H groups in total. The molecule has 0 aromatic heterocycles. The first-order valence-corrected chi connectivity index (χ1v) is 2.60. The van der Waals surface area contributed by atoms with Crippen molar-refractivity contribution in [1.29, 1.82) is 0 Å². The van der Waals surface area contributed by atoms with Gasteiger partial charge in [0, 0.05) is 0 Å². The second-order valence-corrected chi connectivity index (χ2v) is 1.12. The van der Waals surface area contributed by atoms with Gasteiger partial charge in [0.25, 0.3) is 0 Å². The zero-order valence-corrected chi connectivity index (χ0v) is 5.14. The van der Waals surface area contributed by atoms with Gasteiger partial charge in [0.2, 0.25) is 0 Å². The Morgan fingerprint density at radius 2 is 1.75 bits per heavy atom. The Balaban J connectivity index is 0. The molecule has 0 aromatic carbocycles. The Morgan fingerprint density at radius 3 is 2.00 bits per heavy atom. The molecule has 8 heavy (non-hydrogen) atoms. The van der Waals surface area contributed by atoms with E-state index in [0.29, 0.717) is 13.2 Å². The number of carbonyl (C=O) groups excluding carboxylic acids is 1. The van der Waals surface area contributed by atoms with Crippen LogP contribution in [0.5, 0.6) is 0 Å². The van der Waals surface area contributed by atoms with Crippen molar-refractivity contribution >= 4 is 6.16 Å². The highest BCUT2D eigenvalue weighted by Gasteiger charge is 1.96. The van der Waals surface area contributed by atoms with Crippen LogP contribution in [0.25, 0.3) is 0 Å². The van der Waals surface area contributed by atoms with Gasteiger partial charge in [0.1, 0.15) is 0 Å². The van der Waals surface area contributed by atoms with Gasteiger partial charge in [-0.15, -0.1) is 0 Å². The number of carbonyl (C=O) groups is 1. The predicted octanol–water partition coefficient (Wildman–Crippen LogP) is 1.29. The monoisotopic (exact) mass is 119 g/mol. The molecule has 0 heterocycles. The van der Waals surface area contributed by atoms with Crippen molar-refractivity contribution in [2.24, 2.45) is 0 Å². The lowest BCUT2D eigenvalue weighted by molar-refractivity contribution is 0.0630. The van der Waals surface area contributed by atoms with E-state index in [9.17, 15) is 4.79 Å². The predicted molar refractivity (Wildman–Crippen MR) is 29.8 cm³/mol. The van der Waals surface area contributed by atoms with Crippen LogP contribution in [0.2, 0.25) is 0 Å². The van der Waals surface area contributed by atoms with E-state index in [4.69, 9.17) is 0 Å². The average Bonchev–Trinajstić information content (AvgIpc) is 1.68. The van der Waals surface area contributed by atoms with E-state index < -0.39 is 6.16 Å². The Kier molecular flexibility index (Phi) is 4.03. The molecule has 0 atom stereocenters. The maximum Gasteiger partial charge on any atom is 1.00 e. The minimum Gasteiger partial charge on any atom is -0.435 e. The normalized spacial score (nSPS) is 8.25. The minimum atomic E-state index is -0.588. The third-order valence-electron chi connectivity index (χ3n) is 0.524. The van der Waals surface area contributed by atoms with Gasteiger partial charge in [-0.1, -0.05) is 0 Å². The molecule has 0 fully saturated rings. The largest absolute Gasteiger partial charge is 1.00 e. The highest BCUT2D eigenvalue weighted by molar-refractivity contribution is 5.59. The molecule has 3 heteroatoms. The van der Waals surface area contributed by atoms with Gasteiger partial charge in [-0.05, 0) is 13.8 Å². The van der Waals surface area contributed by atoms with Gasteiger partial charge in [-0.25, -0.2) is 4.79 Å². The summed E-state index contributed by atoms with van der Waals surface area (Å²) in [6.07, 6.45) is -0.588. The summed E-state index contributed by atoms with van der Waals surface area (Å²) in [4.78, 5) is 10.2. The number of rotatable bonds is 2. The van der Waals surface area contributed by atoms with E-state index in [-0.39, 0.29) is 1.43 Å². The molecule has 0 amide bonds. The summed E-state index contributed by atoms with van der Waals surface area (Å²) in [5, 5.41) is 0. The molecule has 48 valence electrons. The van der Waals surface area contributed by atoms with Crippen LogP contribution in [0.15, 0.2) is 0 Å².